The molecule has 2 N–H and O–H groups in total. The van der Waals surface area contributed by atoms with E-state index in [1.54, 1.807) is 11.8 Å². The monoisotopic (exact) mass is 275 g/mol. The SMILES string of the molecule is COc1cccc(Oc2c(C)nn(C)c2C)c1[C@@H](C)N. The average Bonchev–Trinajstić information content (AvgIpc) is 2.64. The molecule has 1 aromatic heterocycles. The highest BCUT2D eigenvalue weighted by Crippen LogP contribution is 2.37. The lowest BCUT2D eigenvalue weighted by atomic mass is 10.1. The Hall–Kier alpha value is -2.01. The summed E-state index contributed by atoms with van der Waals surface area (Å²) in [6.07, 6.45) is 0. The first kappa shape index (κ1) is 14.4. The van der Waals surface area contributed by atoms with Gasteiger partial charge in [0.25, 0.3) is 0 Å². The van der Waals surface area contributed by atoms with Gasteiger partial charge in [-0.25, -0.2) is 0 Å². The molecule has 0 radical (unpaired) electrons. The van der Waals surface area contributed by atoms with Gasteiger partial charge in [0.2, 0.25) is 0 Å². The van der Waals surface area contributed by atoms with Gasteiger partial charge in [0.15, 0.2) is 5.75 Å². The molecule has 108 valence electrons. The van der Waals surface area contributed by atoms with E-state index in [1.165, 1.54) is 0 Å². The van der Waals surface area contributed by atoms with Crippen LogP contribution in [0.15, 0.2) is 18.2 Å². The van der Waals surface area contributed by atoms with Crippen molar-refractivity contribution in [1.82, 2.24) is 9.78 Å². The zero-order chi connectivity index (χ0) is 14.9. The molecule has 1 heterocycles. The summed E-state index contributed by atoms with van der Waals surface area (Å²) in [7, 11) is 3.53. The van der Waals surface area contributed by atoms with Crippen molar-refractivity contribution in [3.8, 4) is 17.2 Å². The van der Waals surface area contributed by atoms with E-state index in [9.17, 15) is 0 Å². The molecule has 0 aliphatic heterocycles. The second-order valence-corrected chi connectivity index (χ2v) is 4.89. The quantitative estimate of drug-likeness (QED) is 0.932. The molecule has 1 atom stereocenters. The summed E-state index contributed by atoms with van der Waals surface area (Å²) in [5.41, 5.74) is 8.73. The second-order valence-electron chi connectivity index (χ2n) is 4.89. The number of nitrogens with two attached hydrogens (primary N) is 1. The lowest BCUT2D eigenvalue weighted by Gasteiger charge is -2.17. The normalized spacial score (nSPS) is 12.3. The largest absolute Gasteiger partial charge is 0.496 e. The minimum atomic E-state index is -0.182. The van der Waals surface area contributed by atoms with Crippen LogP contribution in [0.1, 0.15) is 29.9 Å². The molecule has 0 bridgehead atoms. The number of methoxy groups -OCH3 is 1. The molecule has 2 aromatic rings. The van der Waals surface area contributed by atoms with Crippen molar-refractivity contribution in [3.63, 3.8) is 0 Å². The van der Waals surface area contributed by atoms with Gasteiger partial charge in [-0.05, 0) is 32.9 Å². The Labute approximate surface area is 119 Å². The van der Waals surface area contributed by atoms with Crippen LogP contribution in [0.5, 0.6) is 17.2 Å². The van der Waals surface area contributed by atoms with Gasteiger partial charge in [0.1, 0.15) is 17.2 Å². The molecular formula is C15H21N3O2. The Balaban J connectivity index is 2.48. The molecule has 5 heteroatoms. The fourth-order valence-electron chi connectivity index (χ4n) is 2.25. The minimum Gasteiger partial charge on any atom is -0.496 e. The standard InChI is InChI=1S/C15H21N3O2/c1-9(16)14-12(19-5)7-6-8-13(14)20-15-10(2)17-18(4)11(15)3/h6-9H,16H2,1-5H3/t9-/m1/s1. The van der Waals surface area contributed by atoms with Crippen molar-refractivity contribution >= 4 is 0 Å². The molecule has 0 aliphatic rings. The van der Waals surface area contributed by atoms with E-state index in [-0.39, 0.29) is 6.04 Å². The van der Waals surface area contributed by atoms with Crippen molar-refractivity contribution in [2.24, 2.45) is 12.8 Å². The first-order valence-electron chi connectivity index (χ1n) is 6.56. The van der Waals surface area contributed by atoms with E-state index in [0.717, 1.165) is 28.5 Å². The van der Waals surface area contributed by atoms with Gasteiger partial charge in [0.05, 0.1) is 18.4 Å². The third-order valence-corrected chi connectivity index (χ3v) is 3.36. The van der Waals surface area contributed by atoms with E-state index in [4.69, 9.17) is 15.2 Å². The highest BCUT2D eigenvalue weighted by atomic mass is 16.5. The fourth-order valence-corrected chi connectivity index (χ4v) is 2.25. The molecule has 0 spiro atoms. The summed E-state index contributed by atoms with van der Waals surface area (Å²) < 4.78 is 13.2. The Morgan fingerprint density at radius 2 is 1.90 bits per heavy atom. The molecule has 1 aromatic carbocycles. The molecular weight excluding hydrogens is 254 g/mol. The number of aromatic nitrogens is 2. The molecule has 5 nitrogen and oxygen atoms in total. The fraction of sp³-hybridized carbons (Fsp3) is 0.400. The zero-order valence-electron chi connectivity index (χ0n) is 12.6. The van der Waals surface area contributed by atoms with Gasteiger partial charge in [-0.3, -0.25) is 4.68 Å². The smallest absolute Gasteiger partial charge is 0.171 e. The molecule has 0 saturated carbocycles. The zero-order valence-corrected chi connectivity index (χ0v) is 12.6. The number of aryl methyl sites for hydroxylation is 2. The molecule has 0 amide bonds. The summed E-state index contributed by atoms with van der Waals surface area (Å²) >= 11 is 0. The number of hydrogen-bond donors (Lipinski definition) is 1. The van der Waals surface area contributed by atoms with Crippen molar-refractivity contribution in [1.29, 1.82) is 0 Å². The van der Waals surface area contributed by atoms with Crippen LogP contribution in [0.4, 0.5) is 0 Å². The Kier molecular flexibility index (Phi) is 3.99. The maximum absolute atomic E-state index is 6.05. The van der Waals surface area contributed by atoms with E-state index in [1.807, 2.05) is 46.0 Å². The van der Waals surface area contributed by atoms with Crippen LogP contribution < -0.4 is 15.2 Å². The summed E-state index contributed by atoms with van der Waals surface area (Å²) in [6.45, 7) is 5.81. The van der Waals surface area contributed by atoms with Gasteiger partial charge in [-0.2, -0.15) is 5.10 Å². The van der Waals surface area contributed by atoms with Crippen molar-refractivity contribution in [3.05, 3.63) is 35.2 Å². The van der Waals surface area contributed by atoms with Crippen molar-refractivity contribution in [2.75, 3.05) is 7.11 Å². The molecule has 0 saturated heterocycles. The van der Waals surface area contributed by atoms with Gasteiger partial charge in [0, 0.05) is 13.1 Å². The average molecular weight is 275 g/mol. The van der Waals surface area contributed by atoms with Crippen LogP contribution in [0.2, 0.25) is 0 Å². The summed E-state index contributed by atoms with van der Waals surface area (Å²) in [6, 6.07) is 5.49. The summed E-state index contributed by atoms with van der Waals surface area (Å²) in [5.74, 6) is 2.21. The van der Waals surface area contributed by atoms with Crippen molar-refractivity contribution < 1.29 is 9.47 Å². The van der Waals surface area contributed by atoms with Crippen LogP contribution in [-0.4, -0.2) is 16.9 Å². The Morgan fingerprint density at radius 1 is 1.25 bits per heavy atom. The molecule has 20 heavy (non-hydrogen) atoms. The van der Waals surface area contributed by atoms with E-state index < -0.39 is 0 Å². The summed E-state index contributed by atoms with van der Waals surface area (Å²) in [5, 5.41) is 4.35. The van der Waals surface area contributed by atoms with Crippen molar-refractivity contribution in [2.45, 2.75) is 26.8 Å². The van der Waals surface area contributed by atoms with Crippen LogP contribution in [0.3, 0.4) is 0 Å². The lowest BCUT2D eigenvalue weighted by molar-refractivity contribution is 0.396. The third kappa shape index (κ3) is 2.49. The van der Waals surface area contributed by atoms with E-state index in [0.29, 0.717) is 5.75 Å². The Morgan fingerprint density at radius 3 is 2.40 bits per heavy atom. The number of nitrogens with zero attached hydrogens (tertiary/aromatic N) is 2. The van der Waals surface area contributed by atoms with Crippen LogP contribution in [-0.2, 0) is 7.05 Å². The van der Waals surface area contributed by atoms with Gasteiger partial charge in [-0.1, -0.05) is 6.07 Å². The Bertz CT molecular complexity index is 618. The molecule has 2 rings (SSSR count). The number of hydrogen-bond acceptors (Lipinski definition) is 4. The summed E-state index contributed by atoms with van der Waals surface area (Å²) in [4.78, 5) is 0. The topological polar surface area (TPSA) is 62.3 Å². The maximum atomic E-state index is 6.05. The van der Waals surface area contributed by atoms with Crippen LogP contribution >= 0.6 is 0 Å². The minimum absolute atomic E-state index is 0.182. The number of benzene rings is 1. The van der Waals surface area contributed by atoms with Gasteiger partial charge < -0.3 is 15.2 Å². The van der Waals surface area contributed by atoms with Gasteiger partial charge in [-0.15, -0.1) is 0 Å². The van der Waals surface area contributed by atoms with Crippen LogP contribution in [0, 0.1) is 13.8 Å². The van der Waals surface area contributed by atoms with Gasteiger partial charge >= 0.3 is 0 Å². The number of rotatable bonds is 4. The highest BCUT2D eigenvalue weighted by molar-refractivity contribution is 5.49. The lowest BCUT2D eigenvalue weighted by Crippen LogP contribution is -2.09. The molecule has 0 aliphatic carbocycles. The molecule has 0 unspecified atom stereocenters. The first-order chi connectivity index (χ1) is 9.45. The molecule has 0 fully saturated rings. The maximum Gasteiger partial charge on any atom is 0.171 e. The van der Waals surface area contributed by atoms with E-state index >= 15 is 0 Å². The van der Waals surface area contributed by atoms with E-state index in [2.05, 4.69) is 5.10 Å². The van der Waals surface area contributed by atoms with Crippen LogP contribution in [0.25, 0.3) is 0 Å². The predicted molar refractivity (Wildman–Crippen MR) is 78.4 cm³/mol. The number of ether oxygens (including phenoxy) is 2. The first-order valence-corrected chi connectivity index (χ1v) is 6.56. The third-order valence-electron chi connectivity index (χ3n) is 3.36. The second kappa shape index (κ2) is 5.54. The highest BCUT2D eigenvalue weighted by Gasteiger charge is 2.18. The predicted octanol–water partition coefficient (Wildman–Crippen LogP) is 2.86.